The van der Waals surface area contributed by atoms with Crippen LogP contribution in [0.25, 0.3) is 0 Å². The molecule has 6 heteroatoms. The van der Waals surface area contributed by atoms with Crippen LogP contribution in [0.2, 0.25) is 0 Å². The van der Waals surface area contributed by atoms with E-state index in [0.29, 0.717) is 17.8 Å². The predicted molar refractivity (Wildman–Crippen MR) is 77.5 cm³/mol. The smallest absolute Gasteiger partial charge is 0.251 e. The van der Waals surface area contributed by atoms with Crippen molar-refractivity contribution in [2.75, 3.05) is 25.6 Å². The summed E-state index contributed by atoms with van der Waals surface area (Å²) in [5, 5.41) is 5.44. The van der Waals surface area contributed by atoms with E-state index in [1.807, 2.05) is 6.92 Å². The van der Waals surface area contributed by atoms with Crippen LogP contribution >= 0.6 is 0 Å². The van der Waals surface area contributed by atoms with Crippen molar-refractivity contribution >= 4 is 17.5 Å². The van der Waals surface area contributed by atoms with Gasteiger partial charge in [0.05, 0.1) is 6.61 Å². The number of anilines is 1. The largest absolute Gasteiger partial charge is 0.383 e. The molecule has 0 fully saturated rings. The lowest BCUT2D eigenvalue weighted by atomic mass is 10.2. The van der Waals surface area contributed by atoms with Crippen LogP contribution in [0, 0.1) is 0 Å². The fraction of sp³-hybridized carbons (Fsp3) is 0.429. The van der Waals surface area contributed by atoms with E-state index in [1.54, 1.807) is 24.3 Å². The van der Waals surface area contributed by atoms with Gasteiger partial charge in [-0.3, -0.25) is 9.59 Å². The molecule has 1 atom stereocenters. The van der Waals surface area contributed by atoms with Gasteiger partial charge in [-0.2, -0.15) is 0 Å². The summed E-state index contributed by atoms with van der Waals surface area (Å²) in [6.07, 6.45) is 0.886. The zero-order valence-electron chi connectivity index (χ0n) is 11.8. The van der Waals surface area contributed by atoms with E-state index >= 15 is 0 Å². The Morgan fingerprint density at radius 2 is 1.95 bits per heavy atom. The Balaban J connectivity index is 2.58. The monoisotopic (exact) mass is 279 g/mol. The number of rotatable bonds is 7. The molecule has 0 saturated heterocycles. The van der Waals surface area contributed by atoms with Crippen molar-refractivity contribution in [3.8, 4) is 0 Å². The van der Waals surface area contributed by atoms with Gasteiger partial charge in [-0.15, -0.1) is 0 Å². The molecule has 0 aromatic heterocycles. The van der Waals surface area contributed by atoms with E-state index in [-0.39, 0.29) is 18.4 Å². The van der Waals surface area contributed by atoms with Crippen LogP contribution in [-0.2, 0) is 9.53 Å². The topological polar surface area (TPSA) is 93.5 Å². The first-order chi connectivity index (χ1) is 9.58. The normalized spacial score (nSPS) is 11.8. The van der Waals surface area contributed by atoms with Crippen molar-refractivity contribution < 1.29 is 14.3 Å². The molecule has 1 aromatic rings. The third kappa shape index (κ3) is 4.99. The number of hydrogen-bond acceptors (Lipinski definition) is 4. The van der Waals surface area contributed by atoms with Gasteiger partial charge >= 0.3 is 0 Å². The van der Waals surface area contributed by atoms with Gasteiger partial charge < -0.3 is 21.1 Å². The average Bonchev–Trinajstić information content (AvgIpc) is 2.45. The van der Waals surface area contributed by atoms with Gasteiger partial charge in [-0.1, -0.05) is 6.92 Å². The van der Waals surface area contributed by atoms with E-state index in [0.717, 1.165) is 6.42 Å². The molecule has 0 saturated carbocycles. The van der Waals surface area contributed by atoms with Gasteiger partial charge in [0.25, 0.3) is 5.91 Å². The zero-order valence-corrected chi connectivity index (χ0v) is 11.8. The summed E-state index contributed by atoms with van der Waals surface area (Å²) in [5.41, 5.74) is 6.75. The van der Waals surface area contributed by atoms with Crippen LogP contribution in [0.3, 0.4) is 0 Å². The number of amides is 2. The molecule has 4 N–H and O–H groups in total. The van der Waals surface area contributed by atoms with Crippen LogP contribution in [0.4, 0.5) is 5.69 Å². The van der Waals surface area contributed by atoms with Crippen molar-refractivity contribution in [2.24, 2.45) is 5.73 Å². The number of carbonyl (C=O) groups excluding carboxylic acids is 2. The second-order valence-electron chi connectivity index (χ2n) is 4.38. The molecule has 1 unspecified atom stereocenters. The SMILES string of the molecule is CCCNC(=O)c1ccc(NC(=O)C(N)COC)cc1. The van der Waals surface area contributed by atoms with Crippen LogP contribution in [-0.4, -0.2) is 38.1 Å². The number of nitrogens with one attached hydrogen (secondary N) is 2. The quantitative estimate of drug-likeness (QED) is 0.686. The molecule has 0 aliphatic rings. The summed E-state index contributed by atoms with van der Waals surface area (Å²) < 4.78 is 4.81. The Bertz CT molecular complexity index is 445. The van der Waals surface area contributed by atoms with Crippen molar-refractivity contribution in [3.05, 3.63) is 29.8 Å². The molecule has 1 rings (SSSR count). The summed E-state index contributed by atoms with van der Waals surface area (Å²) in [4.78, 5) is 23.4. The number of methoxy groups -OCH3 is 1. The molecule has 0 radical (unpaired) electrons. The molecule has 0 bridgehead atoms. The highest BCUT2D eigenvalue weighted by Gasteiger charge is 2.13. The van der Waals surface area contributed by atoms with Crippen molar-refractivity contribution in [2.45, 2.75) is 19.4 Å². The van der Waals surface area contributed by atoms with Crippen molar-refractivity contribution in [1.29, 1.82) is 0 Å². The van der Waals surface area contributed by atoms with Gasteiger partial charge in [0, 0.05) is 24.9 Å². The third-order valence-corrected chi connectivity index (χ3v) is 2.63. The lowest BCUT2D eigenvalue weighted by Gasteiger charge is -2.11. The first-order valence-corrected chi connectivity index (χ1v) is 6.52. The fourth-order valence-corrected chi connectivity index (χ4v) is 1.54. The predicted octanol–water partition coefficient (Wildman–Crippen LogP) is 0.739. The average molecular weight is 279 g/mol. The Morgan fingerprint density at radius 1 is 1.30 bits per heavy atom. The number of carbonyl (C=O) groups is 2. The maximum atomic E-state index is 11.7. The van der Waals surface area contributed by atoms with Crippen LogP contribution < -0.4 is 16.4 Å². The fourth-order valence-electron chi connectivity index (χ4n) is 1.54. The number of nitrogens with two attached hydrogens (primary N) is 1. The Kier molecular flexibility index (Phi) is 6.69. The highest BCUT2D eigenvalue weighted by atomic mass is 16.5. The number of benzene rings is 1. The molecule has 6 nitrogen and oxygen atoms in total. The second kappa shape index (κ2) is 8.29. The summed E-state index contributed by atoms with van der Waals surface area (Å²) >= 11 is 0. The summed E-state index contributed by atoms with van der Waals surface area (Å²) in [6, 6.07) is 5.93. The maximum Gasteiger partial charge on any atom is 0.251 e. The Morgan fingerprint density at radius 3 is 2.50 bits per heavy atom. The van der Waals surface area contributed by atoms with E-state index in [2.05, 4.69) is 10.6 Å². The minimum absolute atomic E-state index is 0.124. The molecule has 0 aliphatic heterocycles. The van der Waals surface area contributed by atoms with Gasteiger partial charge in [-0.05, 0) is 30.7 Å². The molecular formula is C14H21N3O3. The van der Waals surface area contributed by atoms with Gasteiger partial charge in [0.1, 0.15) is 6.04 Å². The summed E-state index contributed by atoms with van der Waals surface area (Å²) in [7, 11) is 1.48. The molecule has 110 valence electrons. The molecule has 0 spiro atoms. The lowest BCUT2D eigenvalue weighted by Crippen LogP contribution is -2.39. The first kappa shape index (κ1) is 16.1. The highest BCUT2D eigenvalue weighted by molar-refractivity contribution is 5.97. The number of ether oxygens (including phenoxy) is 1. The van der Waals surface area contributed by atoms with Gasteiger partial charge in [-0.25, -0.2) is 0 Å². The molecule has 0 aliphatic carbocycles. The van der Waals surface area contributed by atoms with Crippen molar-refractivity contribution in [1.82, 2.24) is 5.32 Å². The van der Waals surface area contributed by atoms with Crippen LogP contribution in [0.5, 0.6) is 0 Å². The Hall–Kier alpha value is -1.92. The number of hydrogen-bond donors (Lipinski definition) is 3. The Labute approximate surface area is 118 Å². The highest BCUT2D eigenvalue weighted by Crippen LogP contribution is 2.10. The van der Waals surface area contributed by atoms with Crippen LogP contribution in [0.15, 0.2) is 24.3 Å². The van der Waals surface area contributed by atoms with E-state index < -0.39 is 6.04 Å². The summed E-state index contributed by atoms with van der Waals surface area (Å²) in [6.45, 7) is 2.79. The summed E-state index contributed by atoms with van der Waals surface area (Å²) in [5.74, 6) is -0.448. The standard InChI is InChI=1S/C14H21N3O3/c1-3-8-16-13(18)10-4-6-11(7-5-10)17-14(19)12(15)9-20-2/h4-7,12H,3,8-9,15H2,1-2H3,(H,16,18)(H,17,19). The third-order valence-electron chi connectivity index (χ3n) is 2.63. The van der Waals surface area contributed by atoms with E-state index in [9.17, 15) is 9.59 Å². The van der Waals surface area contributed by atoms with Crippen LogP contribution in [0.1, 0.15) is 23.7 Å². The maximum absolute atomic E-state index is 11.7. The lowest BCUT2D eigenvalue weighted by molar-refractivity contribution is -0.118. The van der Waals surface area contributed by atoms with Gasteiger partial charge in [0.15, 0.2) is 0 Å². The van der Waals surface area contributed by atoms with E-state index in [4.69, 9.17) is 10.5 Å². The minimum Gasteiger partial charge on any atom is -0.383 e. The van der Waals surface area contributed by atoms with E-state index in [1.165, 1.54) is 7.11 Å². The molecule has 2 amide bonds. The van der Waals surface area contributed by atoms with Gasteiger partial charge in [0.2, 0.25) is 5.91 Å². The zero-order chi connectivity index (χ0) is 15.0. The second-order valence-corrected chi connectivity index (χ2v) is 4.38. The van der Waals surface area contributed by atoms with Crippen molar-refractivity contribution in [3.63, 3.8) is 0 Å². The molecule has 20 heavy (non-hydrogen) atoms. The first-order valence-electron chi connectivity index (χ1n) is 6.52. The minimum atomic E-state index is -0.715. The molecule has 1 aromatic carbocycles. The molecule has 0 heterocycles. The molecular weight excluding hydrogens is 258 g/mol.